The third kappa shape index (κ3) is 4.37. The second kappa shape index (κ2) is 7.08. The maximum absolute atomic E-state index is 11.9. The van der Waals surface area contributed by atoms with E-state index in [0.717, 1.165) is 31.2 Å². The molecule has 20 heavy (non-hydrogen) atoms. The SMILES string of the molecule is O=C(CCc1ccccc1)NC1CCCC(C(=O)O)C1. The van der Waals surface area contributed by atoms with Crippen LogP contribution in [0.15, 0.2) is 30.3 Å². The summed E-state index contributed by atoms with van der Waals surface area (Å²) in [5, 5.41) is 12.0. The molecule has 0 spiro atoms. The maximum atomic E-state index is 11.9. The summed E-state index contributed by atoms with van der Waals surface area (Å²) in [6.07, 6.45) is 4.24. The predicted molar refractivity (Wildman–Crippen MR) is 76.3 cm³/mol. The quantitative estimate of drug-likeness (QED) is 0.867. The van der Waals surface area contributed by atoms with Crippen molar-refractivity contribution >= 4 is 11.9 Å². The van der Waals surface area contributed by atoms with Gasteiger partial charge in [-0.25, -0.2) is 0 Å². The summed E-state index contributed by atoms with van der Waals surface area (Å²) >= 11 is 0. The van der Waals surface area contributed by atoms with Crippen molar-refractivity contribution in [2.45, 2.75) is 44.6 Å². The van der Waals surface area contributed by atoms with E-state index in [9.17, 15) is 9.59 Å². The van der Waals surface area contributed by atoms with Gasteiger partial charge in [0, 0.05) is 12.5 Å². The van der Waals surface area contributed by atoms with Crippen LogP contribution in [0, 0.1) is 5.92 Å². The Morgan fingerprint density at radius 3 is 2.65 bits per heavy atom. The van der Waals surface area contributed by atoms with E-state index in [-0.39, 0.29) is 17.9 Å². The first kappa shape index (κ1) is 14.6. The summed E-state index contributed by atoms with van der Waals surface area (Å²) < 4.78 is 0. The molecule has 1 aromatic rings. The van der Waals surface area contributed by atoms with E-state index in [4.69, 9.17) is 5.11 Å². The molecule has 0 aromatic heterocycles. The van der Waals surface area contributed by atoms with Crippen LogP contribution >= 0.6 is 0 Å². The third-order valence-electron chi connectivity index (χ3n) is 3.87. The van der Waals surface area contributed by atoms with Crippen molar-refractivity contribution in [3.63, 3.8) is 0 Å². The first-order chi connectivity index (χ1) is 9.65. The normalized spacial score (nSPS) is 22.2. The molecule has 4 heteroatoms. The van der Waals surface area contributed by atoms with E-state index in [1.807, 2.05) is 30.3 Å². The highest BCUT2D eigenvalue weighted by atomic mass is 16.4. The molecular formula is C16H21NO3. The van der Waals surface area contributed by atoms with Crippen molar-refractivity contribution in [3.8, 4) is 0 Å². The molecule has 1 aromatic carbocycles. The van der Waals surface area contributed by atoms with E-state index >= 15 is 0 Å². The number of carboxylic acid groups (broad SMARTS) is 1. The number of hydrogen-bond acceptors (Lipinski definition) is 2. The number of nitrogens with one attached hydrogen (secondary N) is 1. The van der Waals surface area contributed by atoms with Gasteiger partial charge >= 0.3 is 5.97 Å². The molecule has 2 unspecified atom stereocenters. The van der Waals surface area contributed by atoms with Gasteiger partial charge < -0.3 is 10.4 Å². The van der Waals surface area contributed by atoms with Gasteiger partial charge in [-0.3, -0.25) is 9.59 Å². The second-order valence-electron chi connectivity index (χ2n) is 5.45. The smallest absolute Gasteiger partial charge is 0.306 e. The molecule has 2 rings (SSSR count). The van der Waals surface area contributed by atoms with Gasteiger partial charge in [-0.15, -0.1) is 0 Å². The fourth-order valence-electron chi connectivity index (χ4n) is 2.75. The number of carbonyl (C=O) groups excluding carboxylic acids is 1. The van der Waals surface area contributed by atoms with Gasteiger partial charge in [0.05, 0.1) is 5.92 Å². The van der Waals surface area contributed by atoms with Crippen molar-refractivity contribution in [2.24, 2.45) is 5.92 Å². The Kier molecular flexibility index (Phi) is 5.16. The van der Waals surface area contributed by atoms with Crippen LogP contribution in [0.25, 0.3) is 0 Å². The number of aliphatic carboxylic acids is 1. The highest BCUT2D eigenvalue weighted by Crippen LogP contribution is 2.24. The van der Waals surface area contributed by atoms with Crippen molar-refractivity contribution in [3.05, 3.63) is 35.9 Å². The minimum Gasteiger partial charge on any atom is -0.481 e. The van der Waals surface area contributed by atoms with E-state index in [1.165, 1.54) is 0 Å². The molecule has 0 radical (unpaired) electrons. The highest BCUT2D eigenvalue weighted by molar-refractivity contribution is 5.76. The average molecular weight is 275 g/mol. The number of carbonyl (C=O) groups is 2. The maximum Gasteiger partial charge on any atom is 0.306 e. The zero-order chi connectivity index (χ0) is 14.4. The molecule has 2 atom stereocenters. The standard InChI is InChI=1S/C16H21NO3/c18-15(10-9-12-5-2-1-3-6-12)17-14-8-4-7-13(11-14)16(19)20/h1-3,5-6,13-14H,4,7-11H2,(H,17,18)(H,19,20). The summed E-state index contributed by atoms with van der Waals surface area (Å²) in [4.78, 5) is 22.9. The number of hydrogen-bond donors (Lipinski definition) is 2. The molecule has 0 heterocycles. The fourth-order valence-corrected chi connectivity index (χ4v) is 2.75. The molecule has 4 nitrogen and oxygen atoms in total. The van der Waals surface area contributed by atoms with Gasteiger partial charge in [-0.05, 0) is 31.2 Å². The summed E-state index contributed by atoms with van der Waals surface area (Å²) in [6.45, 7) is 0. The van der Waals surface area contributed by atoms with Crippen LogP contribution in [-0.2, 0) is 16.0 Å². The molecule has 0 saturated heterocycles. The third-order valence-corrected chi connectivity index (χ3v) is 3.87. The molecule has 0 bridgehead atoms. The number of carboxylic acids is 1. The summed E-state index contributed by atoms with van der Waals surface area (Å²) in [5.41, 5.74) is 1.15. The predicted octanol–water partition coefficient (Wildman–Crippen LogP) is 2.38. The van der Waals surface area contributed by atoms with Crippen LogP contribution in [-0.4, -0.2) is 23.0 Å². The van der Waals surface area contributed by atoms with Gasteiger partial charge in [0.25, 0.3) is 0 Å². The molecule has 1 aliphatic rings. The molecule has 108 valence electrons. The lowest BCUT2D eigenvalue weighted by atomic mass is 9.85. The van der Waals surface area contributed by atoms with Crippen LogP contribution in [0.2, 0.25) is 0 Å². The van der Waals surface area contributed by atoms with Crippen LogP contribution in [0.1, 0.15) is 37.7 Å². The number of rotatable bonds is 5. The van der Waals surface area contributed by atoms with Gasteiger partial charge in [-0.2, -0.15) is 0 Å². The van der Waals surface area contributed by atoms with Crippen molar-refractivity contribution < 1.29 is 14.7 Å². The van der Waals surface area contributed by atoms with E-state index < -0.39 is 5.97 Å². The van der Waals surface area contributed by atoms with E-state index in [2.05, 4.69) is 5.32 Å². The Bertz CT molecular complexity index is 458. The number of benzene rings is 1. The molecule has 1 aliphatic carbocycles. The van der Waals surface area contributed by atoms with Gasteiger partial charge in [0.2, 0.25) is 5.91 Å². The Balaban J connectivity index is 1.75. The number of aryl methyl sites for hydroxylation is 1. The Labute approximate surface area is 119 Å². The Hall–Kier alpha value is -1.84. The van der Waals surface area contributed by atoms with Crippen LogP contribution in [0.5, 0.6) is 0 Å². The van der Waals surface area contributed by atoms with Gasteiger partial charge in [-0.1, -0.05) is 36.8 Å². The zero-order valence-corrected chi connectivity index (χ0v) is 11.5. The Morgan fingerprint density at radius 1 is 1.20 bits per heavy atom. The van der Waals surface area contributed by atoms with Crippen LogP contribution < -0.4 is 5.32 Å². The fraction of sp³-hybridized carbons (Fsp3) is 0.500. The summed E-state index contributed by atoms with van der Waals surface area (Å²) in [7, 11) is 0. The Morgan fingerprint density at radius 2 is 1.95 bits per heavy atom. The van der Waals surface area contributed by atoms with Gasteiger partial charge in [0.1, 0.15) is 0 Å². The molecule has 1 saturated carbocycles. The largest absolute Gasteiger partial charge is 0.481 e. The monoisotopic (exact) mass is 275 g/mol. The van der Waals surface area contributed by atoms with Crippen molar-refractivity contribution in [2.75, 3.05) is 0 Å². The van der Waals surface area contributed by atoms with Crippen molar-refractivity contribution in [1.82, 2.24) is 5.32 Å². The molecule has 1 amide bonds. The van der Waals surface area contributed by atoms with Crippen molar-refractivity contribution in [1.29, 1.82) is 0 Å². The molecule has 2 N–H and O–H groups in total. The lowest BCUT2D eigenvalue weighted by molar-refractivity contribution is -0.143. The minimum absolute atomic E-state index is 0.0184. The minimum atomic E-state index is -0.742. The molecular weight excluding hydrogens is 254 g/mol. The highest BCUT2D eigenvalue weighted by Gasteiger charge is 2.27. The number of amides is 1. The molecule has 1 fully saturated rings. The zero-order valence-electron chi connectivity index (χ0n) is 11.5. The van der Waals surface area contributed by atoms with Crippen LogP contribution in [0.4, 0.5) is 0 Å². The average Bonchev–Trinajstić information content (AvgIpc) is 2.46. The second-order valence-corrected chi connectivity index (χ2v) is 5.45. The van der Waals surface area contributed by atoms with Gasteiger partial charge in [0.15, 0.2) is 0 Å². The topological polar surface area (TPSA) is 66.4 Å². The van der Waals surface area contributed by atoms with Crippen LogP contribution in [0.3, 0.4) is 0 Å². The lowest BCUT2D eigenvalue weighted by Gasteiger charge is -2.27. The molecule has 0 aliphatic heterocycles. The van der Waals surface area contributed by atoms with E-state index in [1.54, 1.807) is 0 Å². The summed E-state index contributed by atoms with van der Waals surface area (Å²) in [6, 6.07) is 9.92. The summed E-state index contributed by atoms with van der Waals surface area (Å²) in [5.74, 6) is -1.03. The lowest BCUT2D eigenvalue weighted by Crippen LogP contribution is -2.40. The first-order valence-corrected chi connectivity index (χ1v) is 7.21. The van der Waals surface area contributed by atoms with E-state index in [0.29, 0.717) is 12.8 Å². The first-order valence-electron chi connectivity index (χ1n) is 7.21.